The number of anilines is 1. The first-order valence-electron chi connectivity index (χ1n) is 8.71. The number of aromatic amines is 1. The Morgan fingerprint density at radius 3 is 2.59 bits per heavy atom. The summed E-state index contributed by atoms with van der Waals surface area (Å²) in [6.07, 6.45) is 4.03. The fraction of sp³-hybridized carbons (Fsp3) is 0.100. The summed E-state index contributed by atoms with van der Waals surface area (Å²) in [7, 11) is -3.81. The molecular formula is C20H19N5O3S. The zero-order chi connectivity index (χ0) is 20.9. The number of rotatable bonds is 7. The van der Waals surface area contributed by atoms with E-state index >= 15 is 0 Å². The van der Waals surface area contributed by atoms with Crippen molar-refractivity contribution in [3.05, 3.63) is 72.1 Å². The summed E-state index contributed by atoms with van der Waals surface area (Å²) in [6, 6.07) is 15.2. The molecule has 0 spiro atoms. The van der Waals surface area contributed by atoms with Gasteiger partial charge in [-0.15, -0.1) is 0 Å². The van der Waals surface area contributed by atoms with Gasteiger partial charge in [0.1, 0.15) is 11.6 Å². The molecule has 0 aliphatic rings. The lowest BCUT2D eigenvalue weighted by Crippen LogP contribution is -2.18. The largest absolute Gasteiger partial charge is 0.389 e. The predicted octanol–water partition coefficient (Wildman–Crippen LogP) is 1.99. The van der Waals surface area contributed by atoms with E-state index in [-0.39, 0.29) is 10.5 Å². The maximum atomic E-state index is 12.2. The Labute approximate surface area is 168 Å². The van der Waals surface area contributed by atoms with Crippen molar-refractivity contribution in [1.29, 1.82) is 5.26 Å². The van der Waals surface area contributed by atoms with Gasteiger partial charge in [-0.3, -0.25) is 4.79 Å². The van der Waals surface area contributed by atoms with Gasteiger partial charge >= 0.3 is 0 Å². The number of carbonyl (C=O) groups excluding carboxylic acids is 1. The van der Waals surface area contributed by atoms with Crippen molar-refractivity contribution in [1.82, 2.24) is 10.3 Å². The van der Waals surface area contributed by atoms with Crippen molar-refractivity contribution in [3.8, 4) is 6.07 Å². The van der Waals surface area contributed by atoms with Gasteiger partial charge in [0.25, 0.3) is 5.91 Å². The number of carbonyl (C=O) groups is 1. The van der Waals surface area contributed by atoms with E-state index in [0.717, 1.165) is 22.9 Å². The molecule has 3 rings (SSSR count). The first-order chi connectivity index (χ1) is 13.9. The summed E-state index contributed by atoms with van der Waals surface area (Å²) >= 11 is 0. The van der Waals surface area contributed by atoms with Crippen LogP contribution in [0.4, 0.5) is 5.69 Å². The summed E-state index contributed by atoms with van der Waals surface area (Å²) in [4.78, 5) is 15.4. The highest BCUT2D eigenvalue weighted by molar-refractivity contribution is 7.89. The number of sulfonamides is 1. The number of hydrogen-bond acceptors (Lipinski definition) is 5. The van der Waals surface area contributed by atoms with Gasteiger partial charge in [-0.25, -0.2) is 13.6 Å². The number of amides is 1. The molecule has 0 fully saturated rings. The molecule has 9 heteroatoms. The molecule has 148 valence electrons. The van der Waals surface area contributed by atoms with E-state index in [2.05, 4.69) is 15.6 Å². The van der Waals surface area contributed by atoms with E-state index in [1.807, 2.05) is 36.5 Å². The first kappa shape index (κ1) is 20.1. The zero-order valence-electron chi connectivity index (χ0n) is 15.3. The van der Waals surface area contributed by atoms with E-state index < -0.39 is 15.9 Å². The number of aromatic nitrogens is 1. The third kappa shape index (κ3) is 5.01. The maximum Gasteiger partial charge on any atom is 0.267 e. The number of nitrogens with zero attached hydrogens (tertiary/aromatic N) is 1. The molecule has 1 aromatic heterocycles. The SMILES string of the molecule is N#C/C(=C/NCCc1c[nH]c2ccccc12)C(=O)Nc1ccc(S(N)(=O)=O)cc1. The van der Waals surface area contributed by atoms with Crippen LogP contribution in [0.5, 0.6) is 0 Å². The molecule has 1 heterocycles. The molecule has 0 saturated heterocycles. The molecule has 5 N–H and O–H groups in total. The highest BCUT2D eigenvalue weighted by atomic mass is 32.2. The van der Waals surface area contributed by atoms with Crippen molar-refractivity contribution in [2.45, 2.75) is 11.3 Å². The predicted molar refractivity (Wildman–Crippen MR) is 110 cm³/mol. The van der Waals surface area contributed by atoms with Gasteiger partial charge in [-0.2, -0.15) is 5.26 Å². The van der Waals surface area contributed by atoms with Gasteiger partial charge in [0.2, 0.25) is 10.0 Å². The van der Waals surface area contributed by atoms with Gasteiger partial charge in [-0.05, 0) is 42.3 Å². The van der Waals surface area contributed by atoms with Gasteiger partial charge in [0, 0.05) is 35.5 Å². The molecular weight excluding hydrogens is 390 g/mol. The minimum absolute atomic E-state index is 0.0644. The van der Waals surface area contributed by atoms with Crippen molar-refractivity contribution < 1.29 is 13.2 Å². The number of fused-ring (bicyclic) bond motifs is 1. The fourth-order valence-electron chi connectivity index (χ4n) is 2.79. The number of hydrogen-bond donors (Lipinski definition) is 4. The molecule has 8 nitrogen and oxygen atoms in total. The van der Waals surface area contributed by atoms with Crippen LogP contribution in [0.1, 0.15) is 5.56 Å². The lowest BCUT2D eigenvalue weighted by atomic mass is 10.1. The Balaban J connectivity index is 1.58. The molecule has 0 aliphatic heterocycles. The number of benzene rings is 2. The van der Waals surface area contributed by atoms with Gasteiger partial charge in [0.15, 0.2) is 0 Å². The minimum atomic E-state index is -3.81. The highest BCUT2D eigenvalue weighted by Crippen LogP contribution is 2.17. The average molecular weight is 409 g/mol. The summed E-state index contributed by atoms with van der Waals surface area (Å²) in [6.45, 7) is 0.545. The van der Waals surface area contributed by atoms with Crippen LogP contribution in [0, 0.1) is 11.3 Å². The van der Waals surface area contributed by atoms with Gasteiger partial charge < -0.3 is 15.6 Å². The summed E-state index contributed by atoms with van der Waals surface area (Å²) in [5.74, 6) is -0.601. The number of nitrogens with one attached hydrogen (secondary N) is 3. The molecule has 0 radical (unpaired) electrons. The second-order valence-corrected chi connectivity index (χ2v) is 7.82. The highest BCUT2D eigenvalue weighted by Gasteiger charge is 2.11. The molecule has 0 saturated carbocycles. The molecule has 0 atom stereocenters. The quantitative estimate of drug-likeness (QED) is 0.268. The number of primary sulfonamides is 1. The minimum Gasteiger partial charge on any atom is -0.389 e. The van der Waals surface area contributed by atoms with E-state index in [4.69, 9.17) is 5.14 Å². The molecule has 29 heavy (non-hydrogen) atoms. The van der Waals surface area contributed by atoms with Crippen LogP contribution < -0.4 is 15.8 Å². The van der Waals surface area contributed by atoms with E-state index in [1.54, 1.807) is 0 Å². The average Bonchev–Trinajstić information content (AvgIpc) is 3.11. The van der Waals surface area contributed by atoms with Crippen LogP contribution in [0.25, 0.3) is 10.9 Å². The van der Waals surface area contributed by atoms with Crippen molar-refractivity contribution in [2.75, 3.05) is 11.9 Å². The van der Waals surface area contributed by atoms with E-state index in [1.165, 1.54) is 30.5 Å². The molecule has 2 aromatic carbocycles. The van der Waals surface area contributed by atoms with Crippen LogP contribution >= 0.6 is 0 Å². The second kappa shape index (κ2) is 8.60. The lowest BCUT2D eigenvalue weighted by Gasteiger charge is -2.06. The Morgan fingerprint density at radius 1 is 1.17 bits per heavy atom. The van der Waals surface area contributed by atoms with Gasteiger partial charge in [-0.1, -0.05) is 18.2 Å². The Hall–Kier alpha value is -3.61. The molecule has 3 aromatic rings. The maximum absolute atomic E-state index is 12.2. The Bertz CT molecular complexity index is 1200. The standard InChI is InChI=1S/C20H19N5O3S/c21-11-15(20(26)25-16-5-7-17(8-6-16)29(22,27)28)12-23-10-9-14-13-24-19-4-2-1-3-18(14)19/h1-8,12-13,23-24H,9-10H2,(H,25,26)(H2,22,27,28)/b15-12-. The third-order valence-electron chi connectivity index (χ3n) is 4.27. The number of H-pyrrole nitrogens is 1. The second-order valence-electron chi connectivity index (χ2n) is 6.26. The topological polar surface area (TPSA) is 141 Å². The van der Waals surface area contributed by atoms with Crippen LogP contribution in [0.2, 0.25) is 0 Å². The Morgan fingerprint density at radius 2 is 1.90 bits per heavy atom. The Kier molecular flexibility index (Phi) is 5.97. The van der Waals surface area contributed by atoms with Crippen LogP contribution in [0.15, 0.2) is 71.4 Å². The normalized spacial score (nSPS) is 11.8. The summed E-state index contributed by atoms with van der Waals surface area (Å²) in [5.41, 5.74) is 2.45. The van der Waals surface area contributed by atoms with Crippen LogP contribution in [0.3, 0.4) is 0 Å². The smallest absolute Gasteiger partial charge is 0.267 e. The number of nitrogens with two attached hydrogens (primary N) is 1. The molecule has 0 aliphatic carbocycles. The van der Waals surface area contributed by atoms with E-state index in [0.29, 0.717) is 12.2 Å². The lowest BCUT2D eigenvalue weighted by molar-refractivity contribution is -0.112. The molecule has 1 amide bonds. The van der Waals surface area contributed by atoms with E-state index in [9.17, 15) is 18.5 Å². The summed E-state index contributed by atoms with van der Waals surface area (Å²) in [5, 5.41) is 20.9. The zero-order valence-corrected chi connectivity index (χ0v) is 16.2. The fourth-order valence-corrected chi connectivity index (χ4v) is 3.31. The first-order valence-corrected chi connectivity index (χ1v) is 10.3. The van der Waals surface area contributed by atoms with Crippen molar-refractivity contribution >= 4 is 32.5 Å². The number of para-hydroxylation sites is 1. The van der Waals surface area contributed by atoms with Gasteiger partial charge in [0.05, 0.1) is 4.90 Å². The van der Waals surface area contributed by atoms with Crippen molar-refractivity contribution in [3.63, 3.8) is 0 Å². The summed E-state index contributed by atoms with van der Waals surface area (Å²) < 4.78 is 22.5. The molecule has 0 unspecified atom stereocenters. The molecule has 0 bridgehead atoms. The van der Waals surface area contributed by atoms with Crippen LogP contribution in [-0.2, 0) is 21.2 Å². The monoisotopic (exact) mass is 409 g/mol. The van der Waals surface area contributed by atoms with Crippen molar-refractivity contribution in [2.24, 2.45) is 5.14 Å². The number of nitriles is 1. The van der Waals surface area contributed by atoms with Crippen LogP contribution in [-0.4, -0.2) is 25.9 Å². The third-order valence-corrected chi connectivity index (χ3v) is 5.20.